The maximum Gasteiger partial charge on any atom is 0.258 e. The first-order chi connectivity index (χ1) is 14.6. The van der Waals surface area contributed by atoms with E-state index in [1.165, 1.54) is 0 Å². The number of rotatable bonds is 8. The molecule has 2 atom stereocenters. The first-order valence-corrected chi connectivity index (χ1v) is 10.7. The second kappa shape index (κ2) is 9.06. The standard InChI is InChI=1S/C24H30N2O4/c1-3-28-15-16-30-22-13-7-5-11-20(22)24(2)25-21-12-6-4-10-19(21)23(27)26(24)17-18-9-8-14-29-18/h4-7,10-13,18,25H,3,8-9,14-17H2,1-2H3. The number of amides is 1. The Hall–Kier alpha value is -2.57. The van der Waals surface area contributed by atoms with Gasteiger partial charge in [0, 0.05) is 31.0 Å². The van der Waals surface area contributed by atoms with Crippen molar-refractivity contribution in [2.24, 2.45) is 0 Å². The van der Waals surface area contributed by atoms with Crippen LogP contribution in [0.5, 0.6) is 5.75 Å². The summed E-state index contributed by atoms with van der Waals surface area (Å²) in [5.74, 6) is 0.753. The minimum atomic E-state index is -0.764. The number of hydrogen-bond acceptors (Lipinski definition) is 5. The molecule has 2 unspecified atom stereocenters. The molecular formula is C24H30N2O4. The van der Waals surface area contributed by atoms with E-state index >= 15 is 0 Å². The van der Waals surface area contributed by atoms with Gasteiger partial charge in [0.1, 0.15) is 18.0 Å². The average molecular weight is 411 g/mol. The molecule has 1 saturated heterocycles. The molecule has 2 aromatic carbocycles. The Labute approximate surface area is 178 Å². The molecule has 1 amide bonds. The SMILES string of the molecule is CCOCCOc1ccccc1C1(C)Nc2ccccc2C(=O)N1CC1CCCO1. The molecule has 0 radical (unpaired) electrons. The van der Waals surface area contributed by atoms with E-state index in [1.54, 1.807) is 0 Å². The summed E-state index contributed by atoms with van der Waals surface area (Å²) in [5.41, 5.74) is 1.67. The summed E-state index contributed by atoms with van der Waals surface area (Å²) in [6.07, 6.45) is 2.05. The highest BCUT2D eigenvalue weighted by molar-refractivity contribution is 6.02. The molecule has 2 aliphatic rings. The second-order valence-electron chi connectivity index (χ2n) is 7.84. The molecule has 0 spiro atoms. The maximum atomic E-state index is 13.6. The van der Waals surface area contributed by atoms with Crippen molar-refractivity contribution in [2.45, 2.75) is 38.5 Å². The number of anilines is 1. The molecular weight excluding hydrogens is 380 g/mol. The number of para-hydroxylation sites is 2. The number of fused-ring (bicyclic) bond motifs is 1. The van der Waals surface area contributed by atoms with Gasteiger partial charge in [0.15, 0.2) is 0 Å². The molecule has 6 heteroatoms. The van der Waals surface area contributed by atoms with Crippen LogP contribution in [0.2, 0.25) is 0 Å². The van der Waals surface area contributed by atoms with Crippen molar-refractivity contribution in [3.63, 3.8) is 0 Å². The second-order valence-corrected chi connectivity index (χ2v) is 7.84. The Kier molecular flexibility index (Phi) is 6.25. The van der Waals surface area contributed by atoms with Crippen LogP contribution in [-0.2, 0) is 15.1 Å². The van der Waals surface area contributed by atoms with Gasteiger partial charge in [-0.15, -0.1) is 0 Å². The van der Waals surface area contributed by atoms with E-state index in [2.05, 4.69) is 5.32 Å². The largest absolute Gasteiger partial charge is 0.491 e. The molecule has 1 fully saturated rings. The number of nitrogens with zero attached hydrogens (tertiary/aromatic N) is 1. The maximum absolute atomic E-state index is 13.6. The van der Waals surface area contributed by atoms with Crippen LogP contribution in [-0.4, -0.2) is 49.9 Å². The Morgan fingerprint density at radius 1 is 1.17 bits per heavy atom. The van der Waals surface area contributed by atoms with Crippen LogP contribution < -0.4 is 10.1 Å². The highest BCUT2D eigenvalue weighted by atomic mass is 16.5. The fourth-order valence-corrected chi connectivity index (χ4v) is 4.28. The quantitative estimate of drug-likeness (QED) is 0.666. The molecule has 2 aromatic rings. The number of carbonyl (C=O) groups is 1. The molecule has 2 heterocycles. The first kappa shape index (κ1) is 20.7. The normalized spacial score (nSPS) is 23.2. The molecule has 0 aliphatic carbocycles. The number of nitrogens with one attached hydrogen (secondary N) is 1. The topological polar surface area (TPSA) is 60.0 Å². The van der Waals surface area contributed by atoms with Crippen molar-refractivity contribution in [1.82, 2.24) is 4.90 Å². The molecule has 160 valence electrons. The summed E-state index contributed by atoms with van der Waals surface area (Å²) >= 11 is 0. The van der Waals surface area contributed by atoms with E-state index in [0.717, 1.165) is 36.4 Å². The van der Waals surface area contributed by atoms with E-state index in [1.807, 2.05) is 67.3 Å². The Balaban J connectivity index is 1.70. The lowest BCUT2D eigenvalue weighted by atomic mass is 9.92. The molecule has 0 bridgehead atoms. The van der Waals surface area contributed by atoms with E-state index in [-0.39, 0.29) is 12.0 Å². The monoisotopic (exact) mass is 410 g/mol. The average Bonchev–Trinajstić information content (AvgIpc) is 3.28. The molecule has 4 rings (SSSR count). The summed E-state index contributed by atoms with van der Waals surface area (Å²) in [6.45, 7) is 6.93. The van der Waals surface area contributed by atoms with Crippen LogP contribution in [0.4, 0.5) is 5.69 Å². The zero-order valence-corrected chi connectivity index (χ0v) is 17.7. The van der Waals surface area contributed by atoms with Gasteiger partial charge in [0.05, 0.1) is 18.3 Å². The van der Waals surface area contributed by atoms with Gasteiger partial charge in [0.2, 0.25) is 0 Å². The minimum Gasteiger partial charge on any atom is -0.491 e. The first-order valence-electron chi connectivity index (χ1n) is 10.7. The smallest absolute Gasteiger partial charge is 0.258 e. The van der Waals surface area contributed by atoms with Crippen molar-refractivity contribution in [2.75, 3.05) is 38.3 Å². The summed E-state index contributed by atoms with van der Waals surface area (Å²) < 4.78 is 17.4. The van der Waals surface area contributed by atoms with E-state index < -0.39 is 5.66 Å². The van der Waals surface area contributed by atoms with Crippen LogP contribution in [0.25, 0.3) is 0 Å². The van der Waals surface area contributed by atoms with Gasteiger partial charge in [-0.05, 0) is 44.9 Å². The Morgan fingerprint density at radius 3 is 2.77 bits per heavy atom. The predicted molar refractivity (Wildman–Crippen MR) is 116 cm³/mol. The Bertz CT molecular complexity index is 881. The van der Waals surface area contributed by atoms with Gasteiger partial charge in [0.25, 0.3) is 5.91 Å². The van der Waals surface area contributed by atoms with Crippen LogP contribution >= 0.6 is 0 Å². The van der Waals surface area contributed by atoms with Crippen molar-refractivity contribution in [3.8, 4) is 5.75 Å². The molecule has 0 saturated carbocycles. The van der Waals surface area contributed by atoms with Gasteiger partial charge in [-0.3, -0.25) is 4.79 Å². The predicted octanol–water partition coefficient (Wildman–Crippen LogP) is 4.02. The fourth-order valence-electron chi connectivity index (χ4n) is 4.28. The zero-order valence-electron chi connectivity index (χ0n) is 17.7. The number of ether oxygens (including phenoxy) is 3. The lowest BCUT2D eigenvalue weighted by Crippen LogP contribution is -2.57. The third kappa shape index (κ3) is 4.02. The van der Waals surface area contributed by atoms with Gasteiger partial charge in [-0.25, -0.2) is 0 Å². The lowest BCUT2D eigenvalue weighted by Gasteiger charge is -2.47. The van der Waals surface area contributed by atoms with Crippen molar-refractivity contribution >= 4 is 11.6 Å². The van der Waals surface area contributed by atoms with Gasteiger partial charge in [-0.1, -0.05) is 30.3 Å². The lowest BCUT2D eigenvalue weighted by molar-refractivity contribution is 0.0234. The van der Waals surface area contributed by atoms with Gasteiger partial charge in [-0.2, -0.15) is 0 Å². The number of carbonyl (C=O) groups excluding carboxylic acids is 1. The van der Waals surface area contributed by atoms with Crippen molar-refractivity contribution in [1.29, 1.82) is 0 Å². The third-order valence-corrected chi connectivity index (χ3v) is 5.83. The Morgan fingerprint density at radius 2 is 1.97 bits per heavy atom. The van der Waals surface area contributed by atoms with Crippen LogP contribution in [0.15, 0.2) is 48.5 Å². The minimum absolute atomic E-state index is 0.00599. The third-order valence-electron chi connectivity index (χ3n) is 5.83. The zero-order chi connectivity index (χ0) is 21.0. The summed E-state index contributed by atoms with van der Waals surface area (Å²) in [4.78, 5) is 15.5. The van der Waals surface area contributed by atoms with E-state index in [9.17, 15) is 4.79 Å². The van der Waals surface area contributed by atoms with Crippen LogP contribution in [0.3, 0.4) is 0 Å². The highest BCUT2D eigenvalue weighted by Crippen LogP contribution is 2.41. The van der Waals surface area contributed by atoms with Crippen molar-refractivity contribution in [3.05, 3.63) is 59.7 Å². The van der Waals surface area contributed by atoms with Crippen molar-refractivity contribution < 1.29 is 19.0 Å². The number of hydrogen-bond donors (Lipinski definition) is 1. The molecule has 6 nitrogen and oxygen atoms in total. The van der Waals surface area contributed by atoms with Crippen LogP contribution in [0, 0.1) is 0 Å². The van der Waals surface area contributed by atoms with E-state index in [4.69, 9.17) is 14.2 Å². The van der Waals surface area contributed by atoms with Gasteiger partial charge < -0.3 is 24.4 Å². The van der Waals surface area contributed by atoms with Gasteiger partial charge >= 0.3 is 0 Å². The highest BCUT2D eigenvalue weighted by Gasteiger charge is 2.45. The fraction of sp³-hybridized carbons (Fsp3) is 0.458. The molecule has 30 heavy (non-hydrogen) atoms. The summed E-state index contributed by atoms with van der Waals surface area (Å²) in [5, 5.41) is 3.62. The number of benzene rings is 2. The molecule has 2 aliphatic heterocycles. The summed E-state index contributed by atoms with van der Waals surface area (Å²) in [6, 6.07) is 15.6. The van der Waals surface area contributed by atoms with Crippen LogP contribution in [0.1, 0.15) is 42.6 Å². The molecule has 1 N–H and O–H groups in total. The van der Waals surface area contributed by atoms with E-state index in [0.29, 0.717) is 31.9 Å². The molecule has 0 aromatic heterocycles. The summed E-state index contributed by atoms with van der Waals surface area (Å²) in [7, 11) is 0.